The summed E-state index contributed by atoms with van der Waals surface area (Å²) in [4.78, 5) is 22.2. The number of carbonyl (C=O) groups is 2. The second kappa shape index (κ2) is 3.08. The van der Waals surface area contributed by atoms with Gasteiger partial charge in [-0.15, -0.1) is 0 Å². The zero-order chi connectivity index (χ0) is 11.1. The maximum atomic E-state index is 12.3. The summed E-state index contributed by atoms with van der Waals surface area (Å²) in [6.07, 6.45) is -3.83. The quantitative estimate of drug-likeness (QED) is 0.565. The molecule has 0 saturated heterocycles. The van der Waals surface area contributed by atoms with Gasteiger partial charge in [0.05, 0.1) is 0 Å². The first-order valence-electron chi connectivity index (χ1n) is 3.80. The third-order valence-corrected chi connectivity index (χ3v) is 1.96. The van der Waals surface area contributed by atoms with Crippen LogP contribution in [0.3, 0.4) is 0 Å². The summed E-state index contributed by atoms with van der Waals surface area (Å²) in [5, 5.41) is 0. The number of ketones is 2. The highest BCUT2D eigenvalue weighted by atomic mass is 19.4. The van der Waals surface area contributed by atoms with Crippen LogP contribution in [0.25, 0.3) is 0 Å². The molecule has 0 heterocycles. The highest BCUT2D eigenvalue weighted by molar-refractivity contribution is 6.22. The number of Topliss-reactive ketones (excluding diaryl/α,β-unsaturated/α-hetero) is 1. The fraction of sp³-hybridized carbons (Fsp3) is 0.333. The fourth-order valence-electron chi connectivity index (χ4n) is 1.20. The van der Waals surface area contributed by atoms with Gasteiger partial charge in [-0.1, -0.05) is 0 Å². The Balaban J connectivity index is 3.33. The number of hydrogen-bond acceptors (Lipinski definition) is 2. The number of allylic oxidation sites excluding steroid dienone is 4. The molecule has 0 unspecified atom stereocenters. The van der Waals surface area contributed by atoms with Gasteiger partial charge in [-0.25, -0.2) is 0 Å². The van der Waals surface area contributed by atoms with E-state index in [9.17, 15) is 22.8 Å². The number of hydrogen-bond donors (Lipinski definition) is 0. The van der Waals surface area contributed by atoms with E-state index in [2.05, 4.69) is 0 Å². The van der Waals surface area contributed by atoms with Crippen LogP contribution in [-0.2, 0) is 9.59 Å². The first kappa shape index (κ1) is 10.7. The van der Waals surface area contributed by atoms with Gasteiger partial charge in [0.2, 0.25) is 0 Å². The van der Waals surface area contributed by atoms with Crippen molar-refractivity contribution in [2.75, 3.05) is 0 Å². The monoisotopic (exact) mass is 204 g/mol. The molecule has 0 amide bonds. The Morgan fingerprint density at radius 2 is 1.64 bits per heavy atom. The van der Waals surface area contributed by atoms with Gasteiger partial charge in [-0.05, 0) is 19.9 Å². The van der Waals surface area contributed by atoms with Crippen molar-refractivity contribution in [2.45, 2.75) is 20.0 Å². The normalized spacial score (nSPS) is 18.8. The molecule has 1 aliphatic rings. The van der Waals surface area contributed by atoms with Crippen LogP contribution in [0.4, 0.5) is 13.2 Å². The van der Waals surface area contributed by atoms with Crippen LogP contribution in [-0.4, -0.2) is 17.7 Å². The molecular formula is C9H7F3O2. The predicted octanol–water partition coefficient (Wildman–Crippen LogP) is 1.96. The van der Waals surface area contributed by atoms with Gasteiger partial charge in [0.15, 0.2) is 11.6 Å². The molecule has 2 nitrogen and oxygen atoms in total. The summed E-state index contributed by atoms with van der Waals surface area (Å²) in [6.45, 7) is 2.20. The van der Waals surface area contributed by atoms with Gasteiger partial charge in [-0.3, -0.25) is 9.59 Å². The van der Waals surface area contributed by atoms with E-state index in [-0.39, 0.29) is 5.57 Å². The summed E-state index contributed by atoms with van der Waals surface area (Å²) in [5.41, 5.74) is -2.05. The number of carbonyl (C=O) groups excluding carboxylic acids is 2. The Labute approximate surface area is 78.1 Å². The zero-order valence-electron chi connectivity index (χ0n) is 7.53. The van der Waals surface area contributed by atoms with Crippen molar-refractivity contribution < 1.29 is 22.8 Å². The van der Waals surface area contributed by atoms with Crippen molar-refractivity contribution in [1.82, 2.24) is 0 Å². The molecule has 0 aromatic carbocycles. The minimum atomic E-state index is -4.76. The lowest BCUT2D eigenvalue weighted by Gasteiger charge is -2.16. The number of rotatable bonds is 0. The number of halogens is 3. The molecule has 0 aromatic rings. The Morgan fingerprint density at radius 1 is 1.14 bits per heavy atom. The van der Waals surface area contributed by atoms with E-state index in [0.717, 1.165) is 13.0 Å². The molecule has 5 heteroatoms. The van der Waals surface area contributed by atoms with Crippen LogP contribution < -0.4 is 0 Å². The van der Waals surface area contributed by atoms with Crippen molar-refractivity contribution in [1.29, 1.82) is 0 Å². The van der Waals surface area contributed by atoms with Gasteiger partial charge in [0.1, 0.15) is 5.57 Å². The zero-order valence-corrected chi connectivity index (χ0v) is 7.53. The fourth-order valence-corrected chi connectivity index (χ4v) is 1.20. The van der Waals surface area contributed by atoms with E-state index in [1.165, 1.54) is 6.92 Å². The molecule has 0 saturated carbocycles. The van der Waals surface area contributed by atoms with Crippen LogP contribution in [0.2, 0.25) is 0 Å². The van der Waals surface area contributed by atoms with Gasteiger partial charge in [-0.2, -0.15) is 13.2 Å². The molecule has 76 valence electrons. The Kier molecular flexibility index (Phi) is 2.35. The third-order valence-electron chi connectivity index (χ3n) is 1.96. The van der Waals surface area contributed by atoms with Gasteiger partial charge in [0.25, 0.3) is 0 Å². The molecule has 0 radical (unpaired) electrons. The van der Waals surface area contributed by atoms with Gasteiger partial charge >= 0.3 is 6.18 Å². The van der Waals surface area contributed by atoms with Crippen molar-refractivity contribution in [3.8, 4) is 0 Å². The minimum absolute atomic E-state index is 0.173. The highest BCUT2D eigenvalue weighted by Gasteiger charge is 2.43. The first-order chi connectivity index (χ1) is 6.25. The average molecular weight is 204 g/mol. The second-order valence-electron chi connectivity index (χ2n) is 3.02. The van der Waals surface area contributed by atoms with E-state index in [1.807, 2.05) is 0 Å². The first-order valence-corrected chi connectivity index (χ1v) is 3.80. The number of alkyl halides is 3. The van der Waals surface area contributed by atoms with E-state index in [1.54, 1.807) is 0 Å². The SMILES string of the molecule is CC1=CC(=O)C(C)=C(C(F)(F)F)C1=O. The van der Waals surface area contributed by atoms with E-state index in [4.69, 9.17) is 0 Å². The van der Waals surface area contributed by atoms with Crippen molar-refractivity contribution in [2.24, 2.45) is 0 Å². The van der Waals surface area contributed by atoms with Gasteiger partial charge in [0, 0.05) is 11.1 Å². The molecule has 0 fully saturated rings. The molecule has 0 atom stereocenters. The van der Waals surface area contributed by atoms with Crippen molar-refractivity contribution in [3.05, 3.63) is 22.8 Å². The molecular weight excluding hydrogens is 197 g/mol. The Bertz CT molecular complexity index is 372. The van der Waals surface area contributed by atoms with E-state index in [0.29, 0.717) is 0 Å². The lowest BCUT2D eigenvalue weighted by molar-refractivity contribution is -0.128. The largest absolute Gasteiger partial charge is 0.420 e. The summed E-state index contributed by atoms with van der Waals surface area (Å²) in [6, 6.07) is 0. The van der Waals surface area contributed by atoms with Crippen molar-refractivity contribution in [3.63, 3.8) is 0 Å². The second-order valence-corrected chi connectivity index (χ2v) is 3.02. The van der Waals surface area contributed by atoms with E-state index < -0.39 is 28.9 Å². The molecule has 1 rings (SSSR count). The van der Waals surface area contributed by atoms with Crippen LogP contribution in [0, 0.1) is 0 Å². The smallest absolute Gasteiger partial charge is 0.290 e. The summed E-state index contributed by atoms with van der Waals surface area (Å²) in [7, 11) is 0. The summed E-state index contributed by atoms with van der Waals surface area (Å²) in [5.74, 6) is -1.87. The van der Waals surface area contributed by atoms with Crippen LogP contribution in [0.5, 0.6) is 0 Å². The molecule has 1 aliphatic carbocycles. The van der Waals surface area contributed by atoms with E-state index >= 15 is 0 Å². The molecule has 0 aromatic heterocycles. The lowest BCUT2D eigenvalue weighted by Crippen LogP contribution is -2.27. The van der Waals surface area contributed by atoms with Crippen LogP contribution in [0.1, 0.15) is 13.8 Å². The van der Waals surface area contributed by atoms with Crippen LogP contribution >= 0.6 is 0 Å². The predicted molar refractivity (Wildman–Crippen MR) is 42.5 cm³/mol. The summed E-state index contributed by atoms with van der Waals surface area (Å²) >= 11 is 0. The molecule has 0 aliphatic heterocycles. The maximum absolute atomic E-state index is 12.3. The maximum Gasteiger partial charge on any atom is 0.420 e. The van der Waals surface area contributed by atoms with Crippen molar-refractivity contribution >= 4 is 11.6 Å². The topological polar surface area (TPSA) is 34.1 Å². The molecule has 0 bridgehead atoms. The third kappa shape index (κ3) is 1.62. The summed E-state index contributed by atoms with van der Waals surface area (Å²) < 4.78 is 37.0. The molecule has 0 N–H and O–H groups in total. The Morgan fingerprint density at radius 3 is 2.07 bits per heavy atom. The Hall–Kier alpha value is -1.39. The standard InChI is InChI=1S/C9H7F3O2/c1-4-3-6(13)5(2)7(8(4)14)9(10,11)12/h3H,1-2H3. The van der Waals surface area contributed by atoms with Gasteiger partial charge < -0.3 is 0 Å². The highest BCUT2D eigenvalue weighted by Crippen LogP contribution is 2.33. The van der Waals surface area contributed by atoms with Crippen LogP contribution in [0.15, 0.2) is 22.8 Å². The minimum Gasteiger partial charge on any atom is -0.290 e. The lowest BCUT2D eigenvalue weighted by atomic mass is 9.91. The molecule has 0 spiro atoms. The average Bonchev–Trinajstić information content (AvgIpc) is 1.98. The molecule has 14 heavy (non-hydrogen) atoms.